The highest BCUT2D eigenvalue weighted by atomic mass is 19.1. The van der Waals surface area contributed by atoms with E-state index in [0.29, 0.717) is 5.56 Å². The van der Waals surface area contributed by atoms with Gasteiger partial charge in [-0.25, -0.2) is 4.39 Å². The summed E-state index contributed by atoms with van der Waals surface area (Å²) in [7, 11) is 0. The number of phenols is 3. The first-order chi connectivity index (χ1) is 9.49. The monoisotopic (exact) mass is 277 g/mol. The summed E-state index contributed by atoms with van der Waals surface area (Å²) in [6.45, 7) is 2.14. The van der Waals surface area contributed by atoms with Crippen molar-refractivity contribution in [3.8, 4) is 17.2 Å². The third-order valence-electron chi connectivity index (χ3n) is 3.16. The Kier molecular flexibility index (Phi) is 4.10. The average molecular weight is 277 g/mol. The topological polar surface area (TPSA) is 72.7 Å². The zero-order valence-electron chi connectivity index (χ0n) is 11.0. The smallest absolute Gasteiger partial charge is 0.200 e. The molecule has 5 heteroatoms. The van der Waals surface area contributed by atoms with Crippen LogP contribution < -0.4 is 5.32 Å². The Morgan fingerprint density at radius 1 is 1.10 bits per heavy atom. The number of phenolic OH excluding ortho intramolecular Hbond substituents is 3. The van der Waals surface area contributed by atoms with Gasteiger partial charge in [0.15, 0.2) is 11.5 Å². The van der Waals surface area contributed by atoms with Crippen LogP contribution in [0.25, 0.3) is 0 Å². The molecule has 0 saturated carbocycles. The molecule has 0 fully saturated rings. The van der Waals surface area contributed by atoms with Gasteiger partial charge < -0.3 is 20.6 Å². The molecule has 20 heavy (non-hydrogen) atoms. The lowest BCUT2D eigenvalue weighted by Gasteiger charge is -2.15. The highest BCUT2D eigenvalue weighted by Gasteiger charge is 2.12. The summed E-state index contributed by atoms with van der Waals surface area (Å²) in [5.41, 5.74) is 1.23. The van der Waals surface area contributed by atoms with Gasteiger partial charge in [0.25, 0.3) is 0 Å². The van der Waals surface area contributed by atoms with Crippen molar-refractivity contribution in [2.24, 2.45) is 0 Å². The Morgan fingerprint density at radius 3 is 2.55 bits per heavy atom. The number of hydrogen-bond acceptors (Lipinski definition) is 4. The van der Waals surface area contributed by atoms with Crippen LogP contribution in [0.5, 0.6) is 17.2 Å². The van der Waals surface area contributed by atoms with Gasteiger partial charge in [0.1, 0.15) is 5.82 Å². The lowest BCUT2D eigenvalue weighted by molar-refractivity contribution is 0.363. The van der Waals surface area contributed by atoms with Gasteiger partial charge >= 0.3 is 0 Å². The van der Waals surface area contributed by atoms with Crippen LogP contribution in [0.1, 0.15) is 24.1 Å². The normalized spacial score (nSPS) is 12.3. The molecule has 0 bridgehead atoms. The number of halogens is 1. The highest BCUT2D eigenvalue weighted by Crippen LogP contribution is 2.37. The molecule has 0 aliphatic heterocycles. The molecule has 2 rings (SSSR count). The quantitative estimate of drug-likeness (QED) is 0.648. The van der Waals surface area contributed by atoms with Gasteiger partial charge in [-0.2, -0.15) is 0 Å². The van der Waals surface area contributed by atoms with Crippen LogP contribution in [0, 0.1) is 5.82 Å². The summed E-state index contributed by atoms with van der Waals surface area (Å²) in [6, 6.07) is 8.93. The lowest BCUT2D eigenvalue weighted by Crippen LogP contribution is -2.18. The number of benzene rings is 2. The molecular weight excluding hydrogens is 261 g/mol. The van der Waals surface area contributed by atoms with Gasteiger partial charge in [-0.15, -0.1) is 0 Å². The van der Waals surface area contributed by atoms with Crippen molar-refractivity contribution < 1.29 is 19.7 Å². The van der Waals surface area contributed by atoms with Crippen LogP contribution in [-0.4, -0.2) is 15.3 Å². The molecule has 4 nitrogen and oxygen atoms in total. The predicted molar refractivity (Wildman–Crippen MR) is 73.1 cm³/mol. The maximum absolute atomic E-state index is 13.1. The number of rotatable bonds is 4. The largest absolute Gasteiger partial charge is 0.504 e. The SMILES string of the molecule is CC(NCc1ccc(O)c(O)c1O)c1cccc(F)c1. The fourth-order valence-corrected chi connectivity index (χ4v) is 1.91. The van der Waals surface area contributed by atoms with Gasteiger partial charge in [0.2, 0.25) is 5.75 Å². The van der Waals surface area contributed by atoms with Crippen molar-refractivity contribution in [2.45, 2.75) is 19.5 Å². The van der Waals surface area contributed by atoms with Crippen molar-refractivity contribution in [3.63, 3.8) is 0 Å². The molecule has 0 heterocycles. The molecule has 4 N–H and O–H groups in total. The van der Waals surface area contributed by atoms with Crippen molar-refractivity contribution in [3.05, 3.63) is 53.3 Å². The van der Waals surface area contributed by atoms with Crippen LogP contribution in [0.15, 0.2) is 36.4 Å². The molecule has 1 unspecified atom stereocenters. The third kappa shape index (κ3) is 3.00. The summed E-state index contributed by atoms with van der Waals surface area (Å²) in [5, 5.41) is 31.5. The zero-order valence-corrected chi connectivity index (χ0v) is 11.0. The number of nitrogens with one attached hydrogen (secondary N) is 1. The van der Waals surface area contributed by atoms with E-state index < -0.39 is 5.75 Å². The molecule has 0 amide bonds. The minimum atomic E-state index is -0.539. The molecule has 0 spiro atoms. The maximum Gasteiger partial charge on any atom is 0.200 e. The molecule has 1 atom stereocenters. The van der Waals surface area contributed by atoms with Crippen molar-refractivity contribution in [1.29, 1.82) is 0 Å². The molecule has 106 valence electrons. The Balaban J connectivity index is 2.07. The summed E-state index contributed by atoms with van der Waals surface area (Å²) >= 11 is 0. The zero-order chi connectivity index (χ0) is 14.7. The van der Waals surface area contributed by atoms with Crippen LogP contribution in [0.4, 0.5) is 4.39 Å². The van der Waals surface area contributed by atoms with E-state index in [1.54, 1.807) is 12.1 Å². The van der Waals surface area contributed by atoms with Crippen molar-refractivity contribution in [2.75, 3.05) is 0 Å². The molecule has 0 saturated heterocycles. The molecule has 0 aliphatic rings. The van der Waals surface area contributed by atoms with Crippen molar-refractivity contribution in [1.82, 2.24) is 5.32 Å². The van der Waals surface area contributed by atoms with E-state index in [9.17, 15) is 19.7 Å². The second-order valence-electron chi connectivity index (χ2n) is 4.60. The highest BCUT2D eigenvalue weighted by molar-refractivity contribution is 5.53. The third-order valence-corrected chi connectivity index (χ3v) is 3.16. The van der Waals surface area contributed by atoms with Crippen LogP contribution in [0.2, 0.25) is 0 Å². The molecule has 2 aromatic rings. The standard InChI is InChI=1S/C15H16FNO3/c1-9(10-3-2-4-12(16)7-10)17-8-11-5-6-13(18)15(20)14(11)19/h2-7,9,17-20H,8H2,1H3. The Hall–Kier alpha value is -2.27. The average Bonchev–Trinajstić information content (AvgIpc) is 2.44. The summed E-state index contributed by atoms with van der Waals surface area (Å²) in [5.74, 6) is -1.57. The summed E-state index contributed by atoms with van der Waals surface area (Å²) in [6.07, 6.45) is 0. The van der Waals surface area contributed by atoms with E-state index in [1.807, 2.05) is 6.92 Å². The van der Waals surface area contributed by atoms with Crippen LogP contribution in [0.3, 0.4) is 0 Å². The van der Waals surface area contributed by atoms with E-state index >= 15 is 0 Å². The fourth-order valence-electron chi connectivity index (χ4n) is 1.91. The van der Waals surface area contributed by atoms with Crippen LogP contribution in [-0.2, 0) is 6.54 Å². The van der Waals surface area contributed by atoms with Crippen LogP contribution >= 0.6 is 0 Å². The Bertz CT molecular complexity index is 616. The summed E-state index contributed by atoms with van der Waals surface area (Å²) in [4.78, 5) is 0. The first-order valence-electron chi connectivity index (χ1n) is 6.20. The second-order valence-corrected chi connectivity index (χ2v) is 4.60. The van der Waals surface area contributed by atoms with Gasteiger partial charge in [-0.1, -0.05) is 18.2 Å². The van der Waals surface area contributed by atoms with Gasteiger partial charge in [0.05, 0.1) is 0 Å². The maximum atomic E-state index is 13.1. The molecule has 2 aromatic carbocycles. The predicted octanol–water partition coefficient (Wildman–Crippen LogP) is 2.79. The van der Waals surface area contributed by atoms with Gasteiger partial charge in [-0.3, -0.25) is 0 Å². The minimum absolute atomic E-state index is 0.124. The summed E-state index contributed by atoms with van der Waals surface area (Å²) < 4.78 is 13.1. The van der Waals surface area contributed by atoms with E-state index in [4.69, 9.17) is 0 Å². The van der Waals surface area contributed by atoms with E-state index in [2.05, 4.69) is 5.32 Å². The Labute approximate surface area is 116 Å². The first-order valence-corrected chi connectivity index (χ1v) is 6.20. The molecule has 0 aromatic heterocycles. The minimum Gasteiger partial charge on any atom is -0.504 e. The molecule has 0 radical (unpaired) electrons. The Morgan fingerprint density at radius 2 is 1.85 bits per heavy atom. The first kappa shape index (κ1) is 14.1. The van der Waals surface area contributed by atoms with E-state index in [-0.39, 0.29) is 29.9 Å². The van der Waals surface area contributed by atoms with E-state index in [1.165, 1.54) is 24.3 Å². The lowest BCUT2D eigenvalue weighted by atomic mass is 10.1. The molecule has 0 aliphatic carbocycles. The number of hydrogen-bond donors (Lipinski definition) is 4. The van der Waals surface area contributed by atoms with E-state index in [0.717, 1.165) is 5.56 Å². The fraction of sp³-hybridized carbons (Fsp3) is 0.200. The second kappa shape index (κ2) is 5.79. The van der Waals surface area contributed by atoms with Gasteiger partial charge in [-0.05, 0) is 30.7 Å². The van der Waals surface area contributed by atoms with Gasteiger partial charge in [0, 0.05) is 18.2 Å². The number of aromatic hydroxyl groups is 3. The molecular formula is C15H16FNO3. The van der Waals surface area contributed by atoms with Crippen molar-refractivity contribution >= 4 is 0 Å².